The lowest BCUT2D eigenvalue weighted by Crippen LogP contribution is -2.51. The molecule has 1 N–H and O–H groups in total. The van der Waals surface area contributed by atoms with E-state index in [9.17, 15) is 9.59 Å². The number of hydrogen-bond donors (Lipinski definition) is 1. The summed E-state index contributed by atoms with van der Waals surface area (Å²) in [4.78, 5) is 27.7. The maximum atomic E-state index is 13.2. The molecule has 0 saturated carbocycles. The Balaban J connectivity index is 2.23. The highest BCUT2D eigenvalue weighted by Gasteiger charge is 2.29. The lowest BCUT2D eigenvalue weighted by Gasteiger charge is -2.31. The van der Waals surface area contributed by atoms with Crippen LogP contribution in [0.4, 0.5) is 0 Å². The first-order valence-corrected chi connectivity index (χ1v) is 10.8. The van der Waals surface area contributed by atoms with E-state index < -0.39 is 6.04 Å². The summed E-state index contributed by atoms with van der Waals surface area (Å²) in [6, 6.07) is 14.3. The Bertz CT molecular complexity index is 856. The normalized spacial score (nSPS) is 12.7. The summed E-state index contributed by atoms with van der Waals surface area (Å²) in [6.45, 7) is 8.06. The highest BCUT2D eigenvalue weighted by atomic mass is 35.5. The van der Waals surface area contributed by atoms with E-state index in [4.69, 9.17) is 16.3 Å². The van der Waals surface area contributed by atoms with Gasteiger partial charge in [0.25, 0.3) is 5.91 Å². The monoisotopic (exact) mass is 430 g/mol. The molecule has 2 aromatic carbocycles. The SMILES string of the molecule is CC[C@H](C)NC(=O)[C@H](CC)N(Cc1ccccc1C)C(=O)COc1cccc(Cl)c1. The number of benzene rings is 2. The molecule has 2 rings (SSSR count). The first kappa shape index (κ1) is 23.7. The molecule has 0 aliphatic carbocycles. The third kappa shape index (κ3) is 6.77. The Morgan fingerprint density at radius 2 is 1.83 bits per heavy atom. The molecular formula is C24H31ClN2O3. The molecule has 0 spiro atoms. The fraction of sp³-hybridized carbons (Fsp3) is 0.417. The van der Waals surface area contributed by atoms with E-state index in [1.807, 2.05) is 52.0 Å². The van der Waals surface area contributed by atoms with Crippen LogP contribution < -0.4 is 10.1 Å². The van der Waals surface area contributed by atoms with E-state index in [0.29, 0.717) is 23.7 Å². The maximum Gasteiger partial charge on any atom is 0.261 e. The van der Waals surface area contributed by atoms with E-state index in [0.717, 1.165) is 17.5 Å². The molecule has 5 nitrogen and oxygen atoms in total. The zero-order chi connectivity index (χ0) is 22.1. The lowest BCUT2D eigenvalue weighted by molar-refractivity contribution is -0.143. The molecule has 2 atom stereocenters. The zero-order valence-electron chi connectivity index (χ0n) is 18.2. The number of carbonyl (C=O) groups is 2. The van der Waals surface area contributed by atoms with Crippen LogP contribution >= 0.6 is 11.6 Å². The number of nitrogens with one attached hydrogen (secondary N) is 1. The van der Waals surface area contributed by atoms with Gasteiger partial charge in [-0.05, 0) is 56.0 Å². The highest BCUT2D eigenvalue weighted by Crippen LogP contribution is 2.19. The summed E-state index contributed by atoms with van der Waals surface area (Å²) in [7, 11) is 0. The van der Waals surface area contributed by atoms with Crippen molar-refractivity contribution in [2.24, 2.45) is 0 Å². The zero-order valence-corrected chi connectivity index (χ0v) is 18.9. The fourth-order valence-electron chi connectivity index (χ4n) is 3.12. The molecule has 0 aliphatic rings. The minimum atomic E-state index is -0.575. The van der Waals surface area contributed by atoms with Crippen molar-refractivity contribution in [2.75, 3.05) is 6.61 Å². The largest absolute Gasteiger partial charge is 0.484 e. The second kappa shape index (κ2) is 11.6. The Morgan fingerprint density at radius 1 is 1.10 bits per heavy atom. The maximum absolute atomic E-state index is 13.2. The van der Waals surface area contributed by atoms with Crippen molar-refractivity contribution in [3.05, 3.63) is 64.7 Å². The molecule has 2 amide bonds. The Hall–Kier alpha value is -2.53. The first-order chi connectivity index (χ1) is 14.3. The van der Waals surface area contributed by atoms with Crippen LogP contribution in [-0.2, 0) is 16.1 Å². The first-order valence-electron chi connectivity index (χ1n) is 10.4. The molecule has 6 heteroatoms. The number of ether oxygens (including phenoxy) is 1. The second-order valence-corrected chi connectivity index (χ2v) is 7.87. The fourth-order valence-corrected chi connectivity index (χ4v) is 3.30. The van der Waals surface area contributed by atoms with Crippen molar-refractivity contribution >= 4 is 23.4 Å². The minimum Gasteiger partial charge on any atom is -0.484 e. The number of carbonyl (C=O) groups excluding carboxylic acids is 2. The molecule has 0 aliphatic heterocycles. The summed E-state index contributed by atoms with van der Waals surface area (Å²) in [6.07, 6.45) is 1.34. The van der Waals surface area contributed by atoms with Crippen LogP contribution in [0, 0.1) is 6.92 Å². The summed E-state index contributed by atoms with van der Waals surface area (Å²) in [5.41, 5.74) is 2.08. The van der Waals surface area contributed by atoms with Crippen molar-refractivity contribution in [3.63, 3.8) is 0 Å². The van der Waals surface area contributed by atoms with Gasteiger partial charge in [0.1, 0.15) is 11.8 Å². The van der Waals surface area contributed by atoms with Crippen LogP contribution in [0.5, 0.6) is 5.75 Å². The predicted octanol–water partition coefficient (Wildman–Crippen LogP) is 4.75. The Morgan fingerprint density at radius 3 is 2.47 bits per heavy atom. The number of rotatable bonds is 10. The minimum absolute atomic E-state index is 0.0460. The number of hydrogen-bond acceptors (Lipinski definition) is 3. The van der Waals surface area contributed by atoms with Crippen molar-refractivity contribution in [2.45, 2.75) is 59.2 Å². The molecular weight excluding hydrogens is 400 g/mol. The molecule has 0 heterocycles. The average Bonchev–Trinajstić information content (AvgIpc) is 2.73. The number of amides is 2. The highest BCUT2D eigenvalue weighted by molar-refractivity contribution is 6.30. The number of nitrogens with zero attached hydrogens (tertiary/aromatic N) is 1. The van der Waals surface area contributed by atoms with E-state index in [1.165, 1.54) is 0 Å². The van der Waals surface area contributed by atoms with Gasteiger partial charge in [0, 0.05) is 17.6 Å². The van der Waals surface area contributed by atoms with Gasteiger partial charge < -0.3 is 15.0 Å². The van der Waals surface area contributed by atoms with Crippen molar-refractivity contribution in [1.29, 1.82) is 0 Å². The molecule has 0 bridgehead atoms. The van der Waals surface area contributed by atoms with Gasteiger partial charge in [-0.3, -0.25) is 9.59 Å². The standard InChI is InChI=1S/C24H31ClN2O3/c1-5-18(4)26-24(29)22(6-2)27(15-19-11-8-7-10-17(19)3)23(28)16-30-21-13-9-12-20(25)14-21/h7-14,18,22H,5-6,15-16H2,1-4H3,(H,26,29)/t18-,22-/m0/s1. The van der Waals surface area contributed by atoms with Gasteiger partial charge in [-0.2, -0.15) is 0 Å². The third-order valence-electron chi connectivity index (χ3n) is 5.15. The molecule has 162 valence electrons. The van der Waals surface area contributed by atoms with Crippen LogP contribution in [0.1, 0.15) is 44.7 Å². The summed E-state index contributed by atoms with van der Waals surface area (Å²) in [5, 5.41) is 3.54. The van der Waals surface area contributed by atoms with E-state index in [2.05, 4.69) is 5.32 Å². The van der Waals surface area contributed by atoms with Crippen molar-refractivity contribution in [1.82, 2.24) is 10.2 Å². The van der Waals surface area contributed by atoms with Gasteiger partial charge in [0.15, 0.2) is 6.61 Å². The smallest absolute Gasteiger partial charge is 0.261 e. The molecule has 0 fully saturated rings. The van der Waals surface area contributed by atoms with E-state index >= 15 is 0 Å². The second-order valence-electron chi connectivity index (χ2n) is 7.44. The molecule has 0 aromatic heterocycles. The van der Waals surface area contributed by atoms with Gasteiger partial charge in [0.2, 0.25) is 5.91 Å². The number of aryl methyl sites for hydroxylation is 1. The lowest BCUT2D eigenvalue weighted by atomic mass is 10.1. The van der Waals surface area contributed by atoms with Crippen molar-refractivity contribution in [3.8, 4) is 5.75 Å². The quantitative estimate of drug-likeness (QED) is 0.591. The van der Waals surface area contributed by atoms with Crippen LogP contribution in [0.15, 0.2) is 48.5 Å². The molecule has 2 aromatic rings. The van der Waals surface area contributed by atoms with E-state index in [1.54, 1.807) is 29.2 Å². The summed E-state index contributed by atoms with van der Waals surface area (Å²) < 4.78 is 5.67. The van der Waals surface area contributed by atoms with Crippen LogP contribution in [0.25, 0.3) is 0 Å². The van der Waals surface area contributed by atoms with Crippen molar-refractivity contribution < 1.29 is 14.3 Å². The van der Waals surface area contributed by atoms with Gasteiger partial charge in [-0.25, -0.2) is 0 Å². The molecule has 0 unspecified atom stereocenters. The Kier molecular flexibility index (Phi) is 9.18. The van der Waals surface area contributed by atoms with Gasteiger partial charge in [-0.15, -0.1) is 0 Å². The van der Waals surface area contributed by atoms with Crippen LogP contribution in [-0.4, -0.2) is 35.4 Å². The molecule has 0 radical (unpaired) electrons. The van der Waals surface area contributed by atoms with Gasteiger partial charge >= 0.3 is 0 Å². The third-order valence-corrected chi connectivity index (χ3v) is 5.38. The van der Waals surface area contributed by atoms with Gasteiger partial charge in [-0.1, -0.05) is 55.8 Å². The summed E-state index contributed by atoms with van der Waals surface area (Å²) in [5.74, 6) is 0.129. The molecule has 30 heavy (non-hydrogen) atoms. The topological polar surface area (TPSA) is 58.6 Å². The molecule has 0 saturated heterocycles. The van der Waals surface area contributed by atoms with Crippen LogP contribution in [0.3, 0.4) is 0 Å². The van der Waals surface area contributed by atoms with Gasteiger partial charge in [0.05, 0.1) is 0 Å². The van der Waals surface area contributed by atoms with E-state index in [-0.39, 0.29) is 24.5 Å². The summed E-state index contributed by atoms with van der Waals surface area (Å²) >= 11 is 6.00. The predicted molar refractivity (Wildman–Crippen MR) is 121 cm³/mol. The number of halogens is 1. The van der Waals surface area contributed by atoms with Crippen LogP contribution in [0.2, 0.25) is 5.02 Å². The average molecular weight is 431 g/mol. The Labute approximate surface area is 184 Å².